The highest BCUT2D eigenvalue weighted by molar-refractivity contribution is 7.99. The van der Waals surface area contributed by atoms with Crippen LogP contribution < -0.4 is 5.32 Å². The molecule has 3 aliphatic rings. The SMILES string of the molecule is CSC1CCC(NC2CC3CCC(C2)N3C(=O)OC(C)(C)C)CC1. The van der Waals surface area contributed by atoms with E-state index in [0.717, 1.165) is 30.9 Å². The summed E-state index contributed by atoms with van der Waals surface area (Å²) < 4.78 is 5.63. The Kier molecular flexibility index (Phi) is 5.70. The van der Waals surface area contributed by atoms with Crippen LogP contribution in [0.2, 0.25) is 0 Å². The van der Waals surface area contributed by atoms with Crippen LogP contribution in [-0.2, 0) is 4.74 Å². The first-order chi connectivity index (χ1) is 11.4. The standard InChI is InChI=1S/C19H34N2O2S/c1-19(2,3)23-18(22)21-15-7-8-16(21)12-14(11-15)20-13-5-9-17(24-4)10-6-13/h13-17,20H,5-12H2,1-4H3. The Morgan fingerprint density at radius 2 is 1.58 bits per heavy atom. The largest absolute Gasteiger partial charge is 0.444 e. The van der Waals surface area contributed by atoms with Gasteiger partial charge in [0.15, 0.2) is 0 Å². The predicted molar refractivity (Wildman–Crippen MR) is 101 cm³/mol. The molecule has 2 atom stereocenters. The zero-order valence-electron chi connectivity index (χ0n) is 15.7. The highest BCUT2D eigenvalue weighted by atomic mass is 32.2. The Balaban J connectivity index is 1.51. The van der Waals surface area contributed by atoms with Crippen molar-refractivity contribution in [2.24, 2.45) is 0 Å². The molecule has 0 spiro atoms. The molecule has 4 nitrogen and oxygen atoms in total. The average Bonchev–Trinajstić information content (AvgIpc) is 2.78. The molecule has 0 aromatic rings. The number of thioether (sulfide) groups is 1. The summed E-state index contributed by atoms with van der Waals surface area (Å²) in [5.41, 5.74) is -0.401. The van der Waals surface area contributed by atoms with Gasteiger partial charge in [-0.05, 0) is 78.4 Å². The van der Waals surface area contributed by atoms with Crippen LogP contribution in [0.5, 0.6) is 0 Å². The lowest BCUT2D eigenvalue weighted by Crippen LogP contribution is -2.54. The minimum absolute atomic E-state index is 0.103. The van der Waals surface area contributed by atoms with Gasteiger partial charge in [-0.15, -0.1) is 0 Å². The van der Waals surface area contributed by atoms with Gasteiger partial charge in [-0.25, -0.2) is 4.79 Å². The zero-order chi connectivity index (χ0) is 17.3. The van der Waals surface area contributed by atoms with Crippen LogP contribution in [-0.4, -0.2) is 52.3 Å². The topological polar surface area (TPSA) is 41.6 Å². The summed E-state index contributed by atoms with van der Waals surface area (Å²) in [5, 5.41) is 4.79. The second-order valence-corrected chi connectivity index (χ2v) is 9.96. The molecule has 2 aliphatic heterocycles. The number of carbonyl (C=O) groups is 1. The average molecular weight is 355 g/mol. The first kappa shape index (κ1) is 18.4. The molecule has 3 fully saturated rings. The maximum atomic E-state index is 12.5. The number of piperidine rings is 1. The minimum Gasteiger partial charge on any atom is -0.444 e. The summed E-state index contributed by atoms with van der Waals surface area (Å²) in [6.07, 6.45) is 11.9. The van der Waals surface area contributed by atoms with Gasteiger partial charge < -0.3 is 15.0 Å². The van der Waals surface area contributed by atoms with Crippen molar-refractivity contribution in [3.8, 4) is 0 Å². The number of carbonyl (C=O) groups excluding carboxylic acids is 1. The van der Waals surface area contributed by atoms with Crippen molar-refractivity contribution in [2.75, 3.05) is 6.26 Å². The fraction of sp³-hybridized carbons (Fsp3) is 0.947. The normalized spacial score (nSPS) is 36.7. The van der Waals surface area contributed by atoms with Crippen LogP contribution in [0.1, 0.15) is 72.1 Å². The second kappa shape index (κ2) is 7.45. The fourth-order valence-corrected chi connectivity index (χ4v) is 5.47. The molecule has 24 heavy (non-hydrogen) atoms. The van der Waals surface area contributed by atoms with Gasteiger partial charge in [0.2, 0.25) is 0 Å². The number of nitrogens with zero attached hydrogens (tertiary/aromatic N) is 1. The third kappa shape index (κ3) is 4.40. The zero-order valence-corrected chi connectivity index (χ0v) is 16.5. The molecule has 0 aromatic carbocycles. The lowest BCUT2D eigenvalue weighted by atomic mass is 9.91. The summed E-state index contributed by atoms with van der Waals surface area (Å²) >= 11 is 2.03. The van der Waals surface area contributed by atoms with Gasteiger partial charge in [-0.2, -0.15) is 11.8 Å². The molecule has 2 saturated heterocycles. The van der Waals surface area contributed by atoms with Gasteiger partial charge in [0, 0.05) is 29.4 Å². The van der Waals surface area contributed by atoms with Gasteiger partial charge in [0.1, 0.15) is 5.60 Å². The lowest BCUT2D eigenvalue weighted by Gasteiger charge is -2.41. The van der Waals surface area contributed by atoms with Crippen molar-refractivity contribution in [3.63, 3.8) is 0 Å². The van der Waals surface area contributed by atoms with Gasteiger partial charge in [-0.3, -0.25) is 0 Å². The Morgan fingerprint density at radius 3 is 2.08 bits per heavy atom. The Labute approximate surface area is 151 Å². The molecule has 1 aliphatic carbocycles. The van der Waals surface area contributed by atoms with Gasteiger partial charge >= 0.3 is 6.09 Å². The van der Waals surface area contributed by atoms with Crippen molar-refractivity contribution in [1.82, 2.24) is 10.2 Å². The molecule has 5 heteroatoms. The van der Waals surface area contributed by atoms with E-state index in [-0.39, 0.29) is 6.09 Å². The number of rotatable bonds is 3. The Morgan fingerprint density at radius 1 is 1.00 bits per heavy atom. The van der Waals surface area contributed by atoms with Crippen LogP contribution in [0.15, 0.2) is 0 Å². The second-order valence-electron chi connectivity index (χ2n) is 8.82. The van der Waals surface area contributed by atoms with Gasteiger partial charge in [0.25, 0.3) is 0 Å². The van der Waals surface area contributed by atoms with Crippen LogP contribution in [0.25, 0.3) is 0 Å². The molecule has 2 heterocycles. The molecular formula is C19H34N2O2S. The van der Waals surface area contributed by atoms with Gasteiger partial charge in [0.05, 0.1) is 0 Å². The lowest BCUT2D eigenvalue weighted by molar-refractivity contribution is 0.00409. The fourth-order valence-electron chi connectivity index (χ4n) is 4.72. The van der Waals surface area contributed by atoms with Crippen molar-refractivity contribution in [2.45, 2.75) is 107 Å². The minimum atomic E-state index is -0.401. The molecule has 0 radical (unpaired) electrons. The molecule has 0 aromatic heterocycles. The van der Waals surface area contributed by atoms with E-state index >= 15 is 0 Å². The molecule has 2 unspecified atom stereocenters. The van der Waals surface area contributed by atoms with E-state index in [0.29, 0.717) is 24.2 Å². The summed E-state index contributed by atoms with van der Waals surface area (Å²) in [7, 11) is 0. The van der Waals surface area contributed by atoms with E-state index in [1.54, 1.807) is 0 Å². The van der Waals surface area contributed by atoms with Crippen molar-refractivity contribution in [3.05, 3.63) is 0 Å². The number of hydrogen-bond donors (Lipinski definition) is 1. The number of amides is 1. The molecule has 3 rings (SSSR count). The molecule has 1 saturated carbocycles. The number of hydrogen-bond acceptors (Lipinski definition) is 4. The predicted octanol–water partition coefficient (Wildman–Crippen LogP) is 4.18. The van der Waals surface area contributed by atoms with Crippen molar-refractivity contribution in [1.29, 1.82) is 0 Å². The molecule has 2 bridgehead atoms. The first-order valence-electron chi connectivity index (χ1n) is 9.66. The molecule has 138 valence electrons. The van der Waals surface area contributed by atoms with Crippen molar-refractivity contribution < 1.29 is 9.53 Å². The highest BCUT2D eigenvalue weighted by Crippen LogP contribution is 2.37. The third-order valence-corrected chi connectivity index (χ3v) is 6.95. The van der Waals surface area contributed by atoms with E-state index in [9.17, 15) is 4.79 Å². The number of ether oxygens (including phenoxy) is 1. The van der Waals surface area contributed by atoms with E-state index < -0.39 is 5.60 Å². The van der Waals surface area contributed by atoms with Crippen LogP contribution in [0.3, 0.4) is 0 Å². The monoisotopic (exact) mass is 354 g/mol. The smallest absolute Gasteiger partial charge is 0.410 e. The molecule has 1 amide bonds. The van der Waals surface area contributed by atoms with E-state index in [1.807, 2.05) is 37.4 Å². The number of fused-ring (bicyclic) bond motifs is 2. The summed E-state index contributed by atoms with van der Waals surface area (Å²) in [6.45, 7) is 5.85. The van der Waals surface area contributed by atoms with Crippen LogP contribution in [0, 0.1) is 0 Å². The number of nitrogens with one attached hydrogen (secondary N) is 1. The Hall–Kier alpha value is -0.420. The maximum absolute atomic E-state index is 12.5. The van der Waals surface area contributed by atoms with Crippen molar-refractivity contribution >= 4 is 17.9 Å². The van der Waals surface area contributed by atoms with E-state index in [4.69, 9.17) is 4.74 Å². The third-order valence-electron chi connectivity index (χ3n) is 5.82. The summed E-state index contributed by atoms with van der Waals surface area (Å²) in [6, 6.07) is 2.01. The van der Waals surface area contributed by atoms with E-state index in [1.165, 1.54) is 25.7 Å². The van der Waals surface area contributed by atoms with Crippen LogP contribution in [0.4, 0.5) is 4.79 Å². The Bertz CT molecular complexity index is 429. The summed E-state index contributed by atoms with van der Waals surface area (Å²) in [4.78, 5) is 14.6. The van der Waals surface area contributed by atoms with Gasteiger partial charge in [-0.1, -0.05) is 0 Å². The summed E-state index contributed by atoms with van der Waals surface area (Å²) in [5.74, 6) is 0. The highest BCUT2D eigenvalue weighted by Gasteiger charge is 2.45. The molecular weight excluding hydrogens is 320 g/mol. The quantitative estimate of drug-likeness (QED) is 0.825. The first-order valence-corrected chi connectivity index (χ1v) is 10.9. The van der Waals surface area contributed by atoms with Crippen LogP contribution >= 0.6 is 11.8 Å². The maximum Gasteiger partial charge on any atom is 0.410 e. The van der Waals surface area contributed by atoms with E-state index in [2.05, 4.69) is 11.6 Å². The molecule has 1 N–H and O–H groups in total.